The molecule has 0 aliphatic heterocycles. The van der Waals surface area contributed by atoms with Gasteiger partial charge in [-0.25, -0.2) is 0 Å². The minimum absolute atomic E-state index is 0.0407. The third kappa shape index (κ3) is 6.45. The molecule has 1 heterocycles. The van der Waals surface area contributed by atoms with Crippen LogP contribution in [0.4, 0.5) is 5.69 Å². The molecule has 0 radical (unpaired) electrons. The van der Waals surface area contributed by atoms with E-state index in [2.05, 4.69) is 5.32 Å². The fourth-order valence-electron chi connectivity index (χ4n) is 2.27. The lowest BCUT2D eigenvalue weighted by Gasteiger charge is -2.21. The van der Waals surface area contributed by atoms with Gasteiger partial charge in [-0.15, -0.1) is 0 Å². The molecule has 0 aliphatic rings. The van der Waals surface area contributed by atoms with Crippen molar-refractivity contribution in [2.24, 2.45) is 0 Å². The van der Waals surface area contributed by atoms with Gasteiger partial charge in [-0.2, -0.15) is 5.26 Å². The van der Waals surface area contributed by atoms with Crippen LogP contribution < -0.4 is 10.2 Å². The van der Waals surface area contributed by atoms with Gasteiger partial charge < -0.3 is 19.4 Å². The number of carbonyl (C=O) groups excluding carboxylic acids is 3. The van der Waals surface area contributed by atoms with Crippen molar-refractivity contribution in [3.05, 3.63) is 53.4 Å². The molecule has 0 atom stereocenters. The van der Waals surface area contributed by atoms with E-state index in [9.17, 15) is 14.4 Å². The highest BCUT2D eigenvalue weighted by Gasteiger charge is 2.18. The average Bonchev–Trinajstić information content (AvgIpc) is 3.21. The maximum atomic E-state index is 12.4. The van der Waals surface area contributed by atoms with Crippen molar-refractivity contribution in [3.8, 4) is 6.07 Å². The predicted octanol–water partition coefficient (Wildman–Crippen LogP) is 2.54. The smallest absolute Gasteiger partial charge is 0.308 e. The summed E-state index contributed by atoms with van der Waals surface area (Å²) >= 11 is 5.95. The molecule has 28 heavy (non-hydrogen) atoms. The van der Waals surface area contributed by atoms with Crippen LogP contribution in [-0.4, -0.2) is 37.5 Å². The van der Waals surface area contributed by atoms with Crippen molar-refractivity contribution in [2.45, 2.75) is 12.8 Å². The SMILES string of the molecule is N#CCCN(C(=O)COC(=O)CCNC(=O)c1ccco1)c1cccc(Cl)c1. The molecule has 2 amide bonds. The predicted molar refractivity (Wildman–Crippen MR) is 101 cm³/mol. The van der Waals surface area contributed by atoms with Gasteiger partial charge in [0.1, 0.15) is 0 Å². The van der Waals surface area contributed by atoms with Gasteiger partial charge >= 0.3 is 5.97 Å². The molecule has 9 heteroatoms. The van der Waals surface area contributed by atoms with Crippen LogP contribution in [-0.2, 0) is 14.3 Å². The quantitative estimate of drug-likeness (QED) is 0.644. The average molecular weight is 404 g/mol. The summed E-state index contributed by atoms with van der Waals surface area (Å²) in [5.74, 6) is -1.43. The second-order valence-electron chi connectivity index (χ2n) is 5.58. The number of amides is 2. The molecule has 0 fully saturated rings. The fraction of sp³-hybridized carbons (Fsp3) is 0.263. The van der Waals surface area contributed by atoms with E-state index in [4.69, 9.17) is 26.0 Å². The molecule has 0 aliphatic carbocycles. The van der Waals surface area contributed by atoms with Crippen molar-refractivity contribution in [1.82, 2.24) is 5.32 Å². The van der Waals surface area contributed by atoms with E-state index in [0.717, 1.165) is 0 Å². The molecule has 2 aromatic rings. The van der Waals surface area contributed by atoms with E-state index in [-0.39, 0.29) is 31.7 Å². The molecule has 1 N–H and O–H groups in total. The van der Waals surface area contributed by atoms with E-state index in [1.54, 1.807) is 30.3 Å². The molecule has 8 nitrogen and oxygen atoms in total. The van der Waals surface area contributed by atoms with Crippen molar-refractivity contribution in [1.29, 1.82) is 5.26 Å². The summed E-state index contributed by atoms with van der Waals surface area (Å²) in [6, 6.07) is 11.6. The largest absolute Gasteiger partial charge is 0.459 e. The van der Waals surface area contributed by atoms with Crippen molar-refractivity contribution < 1.29 is 23.5 Å². The molecule has 146 valence electrons. The topological polar surface area (TPSA) is 113 Å². The summed E-state index contributed by atoms with van der Waals surface area (Å²) in [6.07, 6.45) is 1.38. The number of ether oxygens (including phenoxy) is 1. The molecule has 1 aromatic heterocycles. The Morgan fingerprint density at radius 1 is 1.25 bits per heavy atom. The summed E-state index contributed by atoms with van der Waals surface area (Å²) < 4.78 is 9.90. The number of nitrogens with zero attached hydrogens (tertiary/aromatic N) is 2. The fourth-order valence-corrected chi connectivity index (χ4v) is 2.45. The number of carbonyl (C=O) groups is 3. The molecule has 0 saturated carbocycles. The van der Waals surface area contributed by atoms with Gasteiger partial charge in [0.15, 0.2) is 12.4 Å². The van der Waals surface area contributed by atoms with Gasteiger partial charge in [0.05, 0.1) is 25.2 Å². The number of rotatable bonds is 9. The maximum Gasteiger partial charge on any atom is 0.308 e. The third-order valence-corrected chi connectivity index (χ3v) is 3.82. The van der Waals surface area contributed by atoms with Gasteiger partial charge in [-0.05, 0) is 30.3 Å². The van der Waals surface area contributed by atoms with Crippen LogP contribution in [0.2, 0.25) is 5.02 Å². The third-order valence-electron chi connectivity index (χ3n) is 3.58. The Labute approximate surface area is 166 Å². The highest BCUT2D eigenvalue weighted by atomic mass is 35.5. The lowest BCUT2D eigenvalue weighted by atomic mass is 10.2. The Morgan fingerprint density at radius 2 is 2.07 bits per heavy atom. The number of nitrogens with one attached hydrogen (secondary N) is 1. The van der Waals surface area contributed by atoms with Crippen molar-refractivity contribution in [2.75, 3.05) is 24.6 Å². The molecular weight excluding hydrogens is 386 g/mol. The van der Waals surface area contributed by atoms with Gasteiger partial charge in [0.2, 0.25) is 0 Å². The molecule has 0 spiro atoms. The number of nitriles is 1. The number of anilines is 1. The van der Waals surface area contributed by atoms with Crippen LogP contribution in [0.15, 0.2) is 47.1 Å². The highest BCUT2D eigenvalue weighted by Crippen LogP contribution is 2.20. The van der Waals surface area contributed by atoms with Crippen molar-refractivity contribution in [3.63, 3.8) is 0 Å². The Balaban J connectivity index is 1.81. The zero-order valence-corrected chi connectivity index (χ0v) is 15.6. The van der Waals surface area contributed by atoms with Crippen molar-refractivity contribution >= 4 is 35.1 Å². The molecule has 0 unspecified atom stereocenters. The highest BCUT2D eigenvalue weighted by molar-refractivity contribution is 6.30. The standard InChI is InChI=1S/C19H18ClN3O5/c20-14-4-1-5-15(12-14)23(10-3-8-21)17(24)13-28-18(25)7-9-22-19(26)16-6-2-11-27-16/h1-2,4-6,11-12H,3,7,9-10,13H2,(H,22,26). The minimum Gasteiger partial charge on any atom is -0.459 e. The van der Waals surface area contributed by atoms with Crippen LogP contribution >= 0.6 is 11.6 Å². The second kappa shape index (κ2) is 10.7. The first-order chi connectivity index (χ1) is 13.5. The van der Waals surface area contributed by atoms with E-state index >= 15 is 0 Å². The van der Waals surface area contributed by atoms with E-state index < -0.39 is 24.4 Å². The zero-order valence-electron chi connectivity index (χ0n) is 14.9. The minimum atomic E-state index is -0.639. The first-order valence-electron chi connectivity index (χ1n) is 8.41. The zero-order chi connectivity index (χ0) is 20.4. The summed E-state index contributed by atoms with van der Waals surface area (Å²) in [6.45, 7) is -0.297. The summed E-state index contributed by atoms with van der Waals surface area (Å²) in [4.78, 5) is 37.2. The Kier molecular flexibility index (Phi) is 8.06. The van der Waals surface area contributed by atoms with E-state index in [1.165, 1.54) is 17.2 Å². The molecule has 1 aromatic carbocycles. The van der Waals surface area contributed by atoms with Crippen LogP contribution in [0.25, 0.3) is 0 Å². The van der Waals surface area contributed by atoms with Gasteiger partial charge in [-0.1, -0.05) is 17.7 Å². The van der Waals surface area contributed by atoms with Gasteiger partial charge in [0, 0.05) is 23.8 Å². The lowest BCUT2D eigenvalue weighted by molar-refractivity contribution is -0.147. The second-order valence-corrected chi connectivity index (χ2v) is 6.01. The molecule has 0 saturated heterocycles. The number of halogens is 1. The summed E-state index contributed by atoms with van der Waals surface area (Å²) in [5, 5.41) is 11.7. The monoisotopic (exact) mass is 403 g/mol. The van der Waals surface area contributed by atoms with Gasteiger partial charge in [0.25, 0.3) is 11.8 Å². The molecule has 0 bridgehead atoms. The lowest BCUT2D eigenvalue weighted by Crippen LogP contribution is -2.36. The Hall–Kier alpha value is -3.31. The van der Waals surface area contributed by atoms with E-state index in [0.29, 0.717) is 10.7 Å². The number of esters is 1. The summed E-state index contributed by atoms with van der Waals surface area (Å²) in [7, 11) is 0. The van der Waals surface area contributed by atoms with Crippen LogP contribution in [0.1, 0.15) is 23.4 Å². The number of hydrogen-bond acceptors (Lipinski definition) is 6. The first kappa shape index (κ1) is 21.0. The first-order valence-corrected chi connectivity index (χ1v) is 8.79. The Bertz CT molecular complexity index is 861. The van der Waals surface area contributed by atoms with E-state index in [1.807, 2.05) is 6.07 Å². The summed E-state index contributed by atoms with van der Waals surface area (Å²) in [5.41, 5.74) is 0.509. The number of benzene rings is 1. The normalized spacial score (nSPS) is 10.0. The number of hydrogen-bond donors (Lipinski definition) is 1. The molecular formula is C19H18ClN3O5. The van der Waals surface area contributed by atoms with Gasteiger partial charge in [-0.3, -0.25) is 14.4 Å². The van der Waals surface area contributed by atoms with Crippen LogP contribution in [0.5, 0.6) is 0 Å². The Morgan fingerprint density at radius 3 is 2.75 bits per heavy atom. The maximum absolute atomic E-state index is 12.4. The molecule has 2 rings (SSSR count). The van der Waals surface area contributed by atoms with Crippen LogP contribution in [0, 0.1) is 11.3 Å². The van der Waals surface area contributed by atoms with Crippen LogP contribution in [0.3, 0.4) is 0 Å². The number of furan rings is 1.